The van der Waals surface area contributed by atoms with Crippen molar-refractivity contribution >= 4 is 12.1 Å². The number of rotatable bonds is 6. The van der Waals surface area contributed by atoms with Crippen LogP contribution in [0.1, 0.15) is 28.8 Å². The third-order valence-electron chi connectivity index (χ3n) is 3.44. The van der Waals surface area contributed by atoms with Gasteiger partial charge in [0.1, 0.15) is 0 Å². The Morgan fingerprint density at radius 1 is 1.09 bits per heavy atom. The summed E-state index contributed by atoms with van der Waals surface area (Å²) in [5.41, 5.74) is 4.11. The highest BCUT2D eigenvalue weighted by molar-refractivity contribution is 5.95. The van der Waals surface area contributed by atoms with Gasteiger partial charge in [-0.2, -0.15) is 5.10 Å². The Bertz CT molecular complexity index is 684. The molecule has 2 rings (SSSR count). The summed E-state index contributed by atoms with van der Waals surface area (Å²) in [5.74, 6) is 0.886. The minimum Gasteiger partial charge on any atom is -0.493 e. The molecule has 0 spiro atoms. The quantitative estimate of drug-likeness (QED) is 0.658. The zero-order chi connectivity index (χ0) is 16.7. The van der Waals surface area contributed by atoms with E-state index in [1.165, 1.54) is 7.11 Å². The SMILES string of the molecule is COc1ccc(C(=O)N/N=C\[C@@H](C)c2ccccc2)cc1OC. The van der Waals surface area contributed by atoms with Gasteiger partial charge < -0.3 is 9.47 Å². The Morgan fingerprint density at radius 2 is 1.78 bits per heavy atom. The van der Waals surface area contributed by atoms with Crippen LogP contribution in [0.5, 0.6) is 11.5 Å². The van der Waals surface area contributed by atoms with Gasteiger partial charge in [-0.15, -0.1) is 0 Å². The number of amides is 1. The van der Waals surface area contributed by atoms with Gasteiger partial charge in [-0.25, -0.2) is 5.43 Å². The molecular weight excluding hydrogens is 292 g/mol. The highest BCUT2D eigenvalue weighted by Gasteiger charge is 2.10. The van der Waals surface area contributed by atoms with Crippen LogP contribution in [0.25, 0.3) is 0 Å². The number of methoxy groups -OCH3 is 2. The lowest BCUT2D eigenvalue weighted by molar-refractivity contribution is 0.0954. The Hall–Kier alpha value is -2.82. The monoisotopic (exact) mass is 312 g/mol. The lowest BCUT2D eigenvalue weighted by atomic mass is 10.0. The van der Waals surface area contributed by atoms with E-state index < -0.39 is 0 Å². The summed E-state index contributed by atoms with van der Waals surface area (Å²) in [7, 11) is 3.08. The number of benzene rings is 2. The zero-order valence-electron chi connectivity index (χ0n) is 13.4. The van der Waals surface area contributed by atoms with Gasteiger partial charge in [0.25, 0.3) is 5.91 Å². The van der Waals surface area contributed by atoms with Gasteiger partial charge in [0, 0.05) is 17.7 Å². The van der Waals surface area contributed by atoms with E-state index in [1.807, 2.05) is 37.3 Å². The molecule has 0 fully saturated rings. The van der Waals surface area contributed by atoms with Crippen molar-refractivity contribution in [2.75, 3.05) is 14.2 Å². The maximum Gasteiger partial charge on any atom is 0.271 e. The van der Waals surface area contributed by atoms with Crippen molar-refractivity contribution in [1.29, 1.82) is 0 Å². The summed E-state index contributed by atoms with van der Waals surface area (Å²) >= 11 is 0. The van der Waals surface area contributed by atoms with Crippen molar-refractivity contribution in [1.82, 2.24) is 5.43 Å². The molecule has 0 saturated carbocycles. The number of carbonyl (C=O) groups is 1. The second kappa shape index (κ2) is 7.98. The molecule has 0 aliphatic heterocycles. The fourth-order valence-corrected chi connectivity index (χ4v) is 2.09. The predicted octanol–water partition coefficient (Wildman–Crippen LogP) is 3.22. The van der Waals surface area contributed by atoms with Gasteiger partial charge >= 0.3 is 0 Å². The Balaban J connectivity index is 2.01. The molecular formula is C18H20N2O3. The molecule has 5 heteroatoms. The van der Waals surface area contributed by atoms with E-state index in [0.29, 0.717) is 17.1 Å². The Morgan fingerprint density at radius 3 is 2.43 bits per heavy atom. The average molecular weight is 312 g/mol. The fraction of sp³-hybridized carbons (Fsp3) is 0.222. The van der Waals surface area contributed by atoms with Crippen LogP contribution in [0.2, 0.25) is 0 Å². The van der Waals surface area contributed by atoms with Gasteiger partial charge in [-0.1, -0.05) is 37.3 Å². The van der Waals surface area contributed by atoms with E-state index in [1.54, 1.807) is 31.5 Å². The maximum absolute atomic E-state index is 12.1. The molecule has 0 heterocycles. The molecule has 1 atom stereocenters. The molecule has 0 aliphatic rings. The highest BCUT2D eigenvalue weighted by Crippen LogP contribution is 2.27. The topological polar surface area (TPSA) is 59.9 Å². The maximum atomic E-state index is 12.1. The van der Waals surface area contributed by atoms with E-state index in [-0.39, 0.29) is 11.8 Å². The van der Waals surface area contributed by atoms with Crippen molar-refractivity contribution < 1.29 is 14.3 Å². The smallest absolute Gasteiger partial charge is 0.271 e. The first-order chi connectivity index (χ1) is 11.2. The molecule has 0 saturated heterocycles. The Labute approximate surface area is 135 Å². The van der Waals surface area contributed by atoms with Gasteiger partial charge in [0.2, 0.25) is 0 Å². The molecule has 23 heavy (non-hydrogen) atoms. The average Bonchev–Trinajstić information content (AvgIpc) is 2.61. The summed E-state index contributed by atoms with van der Waals surface area (Å²) in [6.07, 6.45) is 1.70. The number of hydrazone groups is 1. The van der Waals surface area contributed by atoms with Gasteiger partial charge in [-0.05, 0) is 23.8 Å². The molecule has 1 amide bonds. The third kappa shape index (κ3) is 4.32. The van der Waals surface area contributed by atoms with Gasteiger partial charge in [0.05, 0.1) is 14.2 Å². The van der Waals surface area contributed by atoms with Crippen LogP contribution >= 0.6 is 0 Å². The van der Waals surface area contributed by atoms with Gasteiger partial charge in [0.15, 0.2) is 11.5 Å². The van der Waals surface area contributed by atoms with Crippen molar-refractivity contribution in [2.45, 2.75) is 12.8 Å². The highest BCUT2D eigenvalue weighted by atomic mass is 16.5. The van der Waals surface area contributed by atoms with Crippen molar-refractivity contribution in [2.24, 2.45) is 5.10 Å². The normalized spacial score (nSPS) is 12.0. The zero-order valence-corrected chi connectivity index (χ0v) is 13.4. The number of carbonyl (C=O) groups excluding carboxylic acids is 1. The van der Waals surface area contributed by atoms with Crippen LogP contribution in [0.3, 0.4) is 0 Å². The molecule has 2 aromatic rings. The van der Waals surface area contributed by atoms with Crippen molar-refractivity contribution in [3.63, 3.8) is 0 Å². The number of ether oxygens (including phenoxy) is 2. The van der Waals surface area contributed by atoms with E-state index in [4.69, 9.17) is 9.47 Å². The van der Waals surface area contributed by atoms with Crippen LogP contribution in [0.15, 0.2) is 53.6 Å². The number of nitrogens with one attached hydrogen (secondary N) is 1. The molecule has 2 aromatic carbocycles. The van der Waals surface area contributed by atoms with Crippen LogP contribution in [-0.4, -0.2) is 26.3 Å². The van der Waals surface area contributed by atoms with Crippen LogP contribution < -0.4 is 14.9 Å². The van der Waals surface area contributed by atoms with Crippen molar-refractivity contribution in [3.8, 4) is 11.5 Å². The van der Waals surface area contributed by atoms with Crippen LogP contribution in [0, 0.1) is 0 Å². The molecule has 0 radical (unpaired) electrons. The molecule has 0 aliphatic carbocycles. The summed E-state index contributed by atoms with van der Waals surface area (Å²) in [5, 5.41) is 4.03. The number of hydrogen-bond acceptors (Lipinski definition) is 4. The first kappa shape index (κ1) is 16.5. The second-order valence-electron chi connectivity index (χ2n) is 4.99. The molecule has 0 aromatic heterocycles. The molecule has 120 valence electrons. The van der Waals surface area contributed by atoms with Crippen molar-refractivity contribution in [3.05, 3.63) is 59.7 Å². The van der Waals surface area contributed by atoms with Gasteiger partial charge in [-0.3, -0.25) is 4.79 Å². The lowest BCUT2D eigenvalue weighted by Gasteiger charge is -2.09. The second-order valence-corrected chi connectivity index (χ2v) is 4.99. The van der Waals surface area contributed by atoms with E-state index in [9.17, 15) is 4.79 Å². The Kier molecular flexibility index (Phi) is 5.74. The first-order valence-corrected chi connectivity index (χ1v) is 7.26. The fourth-order valence-electron chi connectivity index (χ4n) is 2.09. The van der Waals surface area contributed by atoms with Crippen LogP contribution in [-0.2, 0) is 0 Å². The standard InChI is InChI=1S/C18H20N2O3/c1-13(14-7-5-4-6-8-14)12-19-20-18(21)15-9-10-16(22-2)17(11-15)23-3/h4-13H,1-3H3,(H,20,21)/b19-12-/t13-/m1/s1. The third-order valence-corrected chi connectivity index (χ3v) is 3.44. The lowest BCUT2D eigenvalue weighted by Crippen LogP contribution is -2.18. The summed E-state index contributed by atoms with van der Waals surface area (Å²) in [6.45, 7) is 2.02. The largest absolute Gasteiger partial charge is 0.493 e. The summed E-state index contributed by atoms with van der Waals surface area (Å²) in [6, 6.07) is 14.9. The molecule has 5 nitrogen and oxygen atoms in total. The van der Waals surface area contributed by atoms with E-state index >= 15 is 0 Å². The summed E-state index contributed by atoms with van der Waals surface area (Å²) in [4.78, 5) is 12.1. The minimum absolute atomic E-state index is 0.113. The predicted molar refractivity (Wildman–Crippen MR) is 90.4 cm³/mol. The minimum atomic E-state index is -0.303. The van der Waals surface area contributed by atoms with Crippen LogP contribution in [0.4, 0.5) is 0 Å². The summed E-state index contributed by atoms with van der Waals surface area (Å²) < 4.78 is 10.3. The number of hydrogen-bond donors (Lipinski definition) is 1. The molecule has 1 N–H and O–H groups in total. The van der Waals surface area contributed by atoms with E-state index in [0.717, 1.165) is 5.56 Å². The molecule has 0 bridgehead atoms. The van der Waals surface area contributed by atoms with E-state index in [2.05, 4.69) is 10.5 Å². The first-order valence-electron chi connectivity index (χ1n) is 7.26. The number of nitrogens with zero attached hydrogens (tertiary/aromatic N) is 1. The molecule has 0 unspecified atom stereocenters.